The molecule has 1 fully saturated rings. The Morgan fingerprint density at radius 2 is 2.29 bits per heavy atom. The summed E-state index contributed by atoms with van der Waals surface area (Å²) in [5.74, 6) is -1.07. The zero-order chi connectivity index (χ0) is 17.5. The van der Waals surface area contributed by atoms with Crippen LogP contribution in [0.3, 0.4) is 0 Å². The first-order valence-electron chi connectivity index (χ1n) is 7.18. The number of carbonyl (C=O) groups excluding carboxylic acids is 3. The molecule has 2 heterocycles. The van der Waals surface area contributed by atoms with Crippen molar-refractivity contribution < 1.29 is 14.4 Å². The number of nitrogens with zero attached hydrogens (tertiary/aromatic N) is 5. The number of hydrogen-bond acceptors (Lipinski definition) is 8. The lowest BCUT2D eigenvalue weighted by Gasteiger charge is -2.23. The van der Waals surface area contributed by atoms with Crippen LogP contribution in [0.2, 0.25) is 0 Å². The molecule has 10 nitrogen and oxygen atoms in total. The molecule has 4 amide bonds. The smallest absolute Gasteiger partial charge is 0.325 e. The van der Waals surface area contributed by atoms with Crippen LogP contribution in [-0.2, 0) is 4.79 Å². The molecule has 1 unspecified atom stereocenters. The number of likely N-dealkylation sites (tertiary alicyclic amines) is 1. The zero-order valence-corrected chi connectivity index (χ0v) is 14.1. The van der Waals surface area contributed by atoms with Gasteiger partial charge in [0.1, 0.15) is 6.04 Å². The van der Waals surface area contributed by atoms with E-state index >= 15 is 0 Å². The highest BCUT2D eigenvalue weighted by atomic mass is 35.5. The summed E-state index contributed by atoms with van der Waals surface area (Å²) < 4.78 is 3.61. The Morgan fingerprint density at radius 3 is 2.92 bits per heavy atom. The monoisotopic (exact) mass is 374 g/mol. The van der Waals surface area contributed by atoms with Gasteiger partial charge in [0.25, 0.3) is 11.8 Å². The van der Waals surface area contributed by atoms with Crippen LogP contribution >= 0.6 is 23.1 Å². The summed E-state index contributed by atoms with van der Waals surface area (Å²) in [6.07, 6.45) is 1.61. The fourth-order valence-corrected chi connectivity index (χ4v) is 2.84. The number of nitroso groups, excluding NO2 is 1. The number of urea groups is 1. The van der Waals surface area contributed by atoms with Gasteiger partial charge in [-0.1, -0.05) is 4.49 Å². The fourth-order valence-electron chi connectivity index (χ4n) is 2.25. The van der Waals surface area contributed by atoms with Crippen LogP contribution in [-0.4, -0.2) is 62.4 Å². The lowest BCUT2D eigenvalue weighted by Crippen LogP contribution is -2.52. The van der Waals surface area contributed by atoms with Crippen LogP contribution in [0.5, 0.6) is 0 Å². The Morgan fingerprint density at radius 1 is 1.50 bits per heavy atom. The van der Waals surface area contributed by atoms with Crippen LogP contribution in [0.1, 0.15) is 29.8 Å². The predicted octanol–water partition coefficient (Wildman–Crippen LogP) is 0.991. The summed E-state index contributed by atoms with van der Waals surface area (Å²) in [5.41, 5.74) is 0.0821. The standard InChI is InChI=1S/C12H15ClN6O4S/c13-4-6-19(17-23)12(22)14-8-3-1-2-5-18(10(8)20)11(21)9-7-24-16-15-9/h7-8H,1-6H2,(H,14,22). The molecule has 130 valence electrons. The second-order valence-electron chi connectivity index (χ2n) is 4.98. The lowest BCUT2D eigenvalue weighted by molar-refractivity contribution is -0.130. The summed E-state index contributed by atoms with van der Waals surface area (Å²) >= 11 is 6.49. The van der Waals surface area contributed by atoms with Crippen LogP contribution in [0.4, 0.5) is 4.79 Å². The Balaban J connectivity index is 2.09. The van der Waals surface area contributed by atoms with Gasteiger partial charge in [0.2, 0.25) is 0 Å². The van der Waals surface area contributed by atoms with E-state index in [0.717, 1.165) is 16.4 Å². The first-order valence-corrected chi connectivity index (χ1v) is 8.55. The number of halogens is 1. The van der Waals surface area contributed by atoms with Crippen molar-refractivity contribution >= 4 is 41.0 Å². The number of rotatable bonds is 5. The van der Waals surface area contributed by atoms with Gasteiger partial charge in [0.05, 0.1) is 11.8 Å². The van der Waals surface area contributed by atoms with E-state index in [1.54, 1.807) is 0 Å². The van der Waals surface area contributed by atoms with Crippen molar-refractivity contribution in [1.29, 1.82) is 0 Å². The molecular formula is C12H15ClN6O4S. The molecular weight excluding hydrogens is 360 g/mol. The normalized spacial score (nSPS) is 18.0. The van der Waals surface area contributed by atoms with Crippen LogP contribution in [0.25, 0.3) is 0 Å². The minimum atomic E-state index is -0.921. The Kier molecular flexibility index (Phi) is 6.55. The number of alkyl halides is 1. The molecule has 0 aliphatic carbocycles. The maximum atomic E-state index is 12.6. The molecule has 1 atom stereocenters. The molecule has 1 aliphatic rings. The van der Waals surface area contributed by atoms with Gasteiger partial charge in [-0.15, -0.1) is 21.6 Å². The third kappa shape index (κ3) is 4.23. The van der Waals surface area contributed by atoms with Crippen LogP contribution in [0.15, 0.2) is 10.7 Å². The highest BCUT2D eigenvalue weighted by Gasteiger charge is 2.34. The van der Waals surface area contributed by atoms with Crippen LogP contribution < -0.4 is 5.32 Å². The van der Waals surface area contributed by atoms with Crippen molar-refractivity contribution in [3.05, 3.63) is 16.0 Å². The molecule has 1 N–H and O–H groups in total. The average Bonchev–Trinajstić information content (AvgIpc) is 3.05. The van der Waals surface area contributed by atoms with Gasteiger partial charge in [-0.3, -0.25) is 14.5 Å². The van der Waals surface area contributed by atoms with Crippen LogP contribution in [0, 0.1) is 4.91 Å². The van der Waals surface area contributed by atoms with E-state index < -0.39 is 23.9 Å². The first-order chi connectivity index (χ1) is 11.6. The largest absolute Gasteiger partial charge is 0.341 e. The highest BCUT2D eigenvalue weighted by molar-refractivity contribution is 7.03. The Labute approximate surface area is 146 Å². The minimum Gasteiger partial charge on any atom is -0.325 e. The molecule has 0 spiro atoms. The Bertz CT molecular complexity index is 613. The summed E-state index contributed by atoms with van der Waals surface area (Å²) in [6, 6.07) is -1.75. The molecule has 1 aromatic rings. The molecule has 1 aromatic heterocycles. The maximum absolute atomic E-state index is 12.6. The lowest BCUT2D eigenvalue weighted by atomic mass is 10.1. The SMILES string of the molecule is O=NN(CCCl)C(=O)NC1CCCCN(C(=O)c2csnn2)C1=O. The summed E-state index contributed by atoms with van der Waals surface area (Å²) in [4.78, 5) is 48.6. The molecule has 1 saturated heterocycles. The number of nitrogens with one attached hydrogen (secondary N) is 1. The second kappa shape index (κ2) is 8.64. The van der Waals surface area contributed by atoms with Gasteiger partial charge < -0.3 is 5.32 Å². The minimum absolute atomic E-state index is 0.0270. The number of imide groups is 1. The van der Waals surface area contributed by atoms with Gasteiger partial charge in [-0.2, -0.15) is 5.01 Å². The van der Waals surface area contributed by atoms with E-state index in [9.17, 15) is 19.3 Å². The predicted molar refractivity (Wildman–Crippen MR) is 85.3 cm³/mol. The molecule has 0 bridgehead atoms. The quantitative estimate of drug-likeness (QED) is 0.354. The van der Waals surface area contributed by atoms with Gasteiger partial charge in [-0.05, 0) is 30.8 Å². The molecule has 0 radical (unpaired) electrons. The molecule has 0 aromatic carbocycles. The third-order valence-corrected chi connectivity index (χ3v) is 4.11. The van der Waals surface area contributed by atoms with Crippen molar-refractivity contribution in [2.24, 2.45) is 5.29 Å². The number of hydrogen-bond donors (Lipinski definition) is 1. The fraction of sp³-hybridized carbons (Fsp3) is 0.583. The number of carbonyl (C=O) groups is 3. The highest BCUT2D eigenvalue weighted by Crippen LogP contribution is 2.15. The van der Waals surface area contributed by atoms with Gasteiger partial charge in [0.15, 0.2) is 5.69 Å². The maximum Gasteiger partial charge on any atom is 0.341 e. The molecule has 1 aliphatic heterocycles. The van der Waals surface area contributed by atoms with Gasteiger partial charge in [-0.25, -0.2) is 4.79 Å². The van der Waals surface area contributed by atoms with E-state index in [4.69, 9.17) is 11.6 Å². The Hall–Kier alpha value is -2.14. The van der Waals surface area contributed by atoms with Crippen molar-refractivity contribution in [1.82, 2.24) is 24.8 Å². The van der Waals surface area contributed by atoms with Crippen molar-refractivity contribution in [2.75, 3.05) is 19.0 Å². The van der Waals surface area contributed by atoms with E-state index in [-0.39, 0.29) is 24.7 Å². The second-order valence-corrected chi connectivity index (χ2v) is 5.96. The van der Waals surface area contributed by atoms with Crippen molar-refractivity contribution in [3.8, 4) is 0 Å². The summed E-state index contributed by atoms with van der Waals surface area (Å²) in [6.45, 7) is 0.157. The van der Waals surface area contributed by atoms with E-state index in [1.807, 2.05) is 0 Å². The summed E-state index contributed by atoms with van der Waals surface area (Å²) in [7, 11) is 0. The molecule has 0 saturated carbocycles. The zero-order valence-electron chi connectivity index (χ0n) is 12.6. The third-order valence-electron chi connectivity index (χ3n) is 3.44. The topological polar surface area (TPSA) is 125 Å². The van der Waals surface area contributed by atoms with Crippen molar-refractivity contribution in [3.63, 3.8) is 0 Å². The van der Waals surface area contributed by atoms with Gasteiger partial charge in [0, 0.05) is 17.8 Å². The number of aromatic nitrogens is 2. The van der Waals surface area contributed by atoms with E-state index in [0.29, 0.717) is 24.3 Å². The van der Waals surface area contributed by atoms with E-state index in [2.05, 4.69) is 20.2 Å². The van der Waals surface area contributed by atoms with Gasteiger partial charge >= 0.3 is 6.03 Å². The average molecular weight is 375 g/mol. The first kappa shape index (κ1) is 18.2. The molecule has 2 rings (SSSR count). The number of amides is 4. The summed E-state index contributed by atoms with van der Waals surface area (Å²) in [5, 5.41) is 10.7. The molecule has 24 heavy (non-hydrogen) atoms. The van der Waals surface area contributed by atoms with E-state index in [1.165, 1.54) is 5.38 Å². The molecule has 12 heteroatoms. The van der Waals surface area contributed by atoms with Crippen molar-refractivity contribution in [2.45, 2.75) is 25.3 Å².